The third kappa shape index (κ3) is 4.31. The molecule has 0 unspecified atom stereocenters. The molecule has 1 N–H and O–H groups in total. The molecule has 126 valence electrons. The highest BCUT2D eigenvalue weighted by atomic mass is 16.1. The summed E-state index contributed by atoms with van der Waals surface area (Å²) in [5.41, 5.74) is 2.70. The number of aromatic nitrogens is 2. The van der Waals surface area contributed by atoms with Gasteiger partial charge in [-0.1, -0.05) is 42.7 Å². The summed E-state index contributed by atoms with van der Waals surface area (Å²) in [5.74, 6) is 0.509. The van der Waals surface area contributed by atoms with E-state index < -0.39 is 0 Å². The van der Waals surface area contributed by atoms with Gasteiger partial charge in [0.2, 0.25) is 5.95 Å². The van der Waals surface area contributed by atoms with Crippen molar-refractivity contribution in [2.45, 2.75) is 39.2 Å². The Kier molecular flexibility index (Phi) is 5.41. The molecule has 5 heteroatoms. The topological polar surface area (TPSA) is 58.1 Å². The Morgan fingerprint density at radius 1 is 1.17 bits per heavy atom. The summed E-state index contributed by atoms with van der Waals surface area (Å²) in [6, 6.07) is 9.80. The molecule has 2 heterocycles. The molecule has 1 aliphatic heterocycles. The fourth-order valence-corrected chi connectivity index (χ4v) is 2.99. The van der Waals surface area contributed by atoms with E-state index in [9.17, 15) is 4.79 Å². The quantitative estimate of drug-likeness (QED) is 0.939. The molecular formula is C19H24N4O. The fraction of sp³-hybridized carbons (Fsp3) is 0.421. The molecular weight excluding hydrogens is 300 g/mol. The number of anilines is 1. The van der Waals surface area contributed by atoms with Crippen LogP contribution in [-0.4, -0.2) is 29.0 Å². The number of carbonyl (C=O) groups is 1. The summed E-state index contributed by atoms with van der Waals surface area (Å²) in [5, 5.41) is 2.94. The number of benzene rings is 1. The van der Waals surface area contributed by atoms with E-state index in [1.54, 1.807) is 12.3 Å². The second-order valence-electron chi connectivity index (χ2n) is 6.31. The maximum absolute atomic E-state index is 12.4. The Morgan fingerprint density at radius 2 is 1.96 bits per heavy atom. The van der Waals surface area contributed by atoms with E-state index in [-0.39, 0.29) is 5.91 Å². The van der Waals surface area contributed by atoms with Crippen molar-refractivity contribution in [3.8, 4) is 0 Å². The van der Waals surface area contributed by atoms with Gasteiger partial charge in [-0.15, -0.1) is 0 Å². The molecule has 24 heavy (non-hydrogen) atoms. The average Bonchev–Trinajstić information content (AvgIpc) is 2.89. The third-order valence-corrected chi connectivity index (χ3v) is 4.30. The van der Waals surface area contributed by atoms with Crippen LogP contribution in [0.2, 0.25) is 0 Å². The lowest BCUT2D eigenvalue weighted by molar-refractivity contribution is 0.0946. The Bertz CT molecular complexity index is 693. The molecule has 1 amide bonds. The van der Waals surface area contributed by atoms with Gasteiger partial charge in [-0.3, -0.25) is 4.79 Å². The Labute approximate surface area is 143 Å². The van der Waals surface area contributed by atoms with Crippen LogP contribution in [0.3, 0.4) is 0 Å². The molecule has 3 rings (SSSR count). The SMILES string of the molecule is Cc1cccc(CNC(=O)c2ccnc(N3CCCCCC3)n2)c1. The standard InChI is InChI=1S/C19H24N4O/c1-15-7-6-8-16(13-15)14-21-18(24)17-9-10-20-19(22-17)23-11-4-2-3-5-12-23/h6-10,13H,2-5,11-12,14H2,1H3,(H,21,24). The summed E-state index contributed by atoms with van der Waals surface area (Å²) in [7, 11) is 0. The van der Waals surface area contributed by atoms with Crippen LogP contribution in [0.25, 0.3) is 0 Å². The molecule has 0 atom stereocenters. The van der Waals surface area contributed by atoms with Crippen LogP contribution in [0, 0.1) is 6.92 Å². The molecule has 0 spiro atoms. The van der Waals surface area contributed by atoms with Crippen molar-refractivity contribution < 1.29 is 4.79 Å². The van der Waals surface area contributed by atoms with E-state index in [4.69, 9.17) is 0 Å². The minimum atomic E-state index is -0.157. The van der Waals surface area contributed by atoms with Crippen molar-refractivity contribution in [3.05, 3.63) is 53.3 Å². The van der Waals surface area contributed by atoms with Crippen molar-refractivity contribution in [1.82, 2.24) is 15.3 Å². The largest absolute Gasteiger partial charge is 0.347 e. The number of hydrogen-bond donors (Lipinski definition) is 1. The van der Waals surface area contributed by atoms with Gasteiger partial charge in [0.25, 0.3) is 5.91 Å². The maximum atomic E-state index is 12.4. The Hall–Kier alpha value is -2.43. The van der Waals surface area contributed by atoms with Gasteiger partial charge in [-0.05, 0) is 31.4 Å². The lowest BCUT2D eigenvalue weighted by atomic mass is 10.1. The van der Waals surface area contributed by atoms with Gasteiger partial charge in [0.1, 0.15) is 5.69 Å². The molecule has 1 aromatic carbocycles. The number of aryl methyl sites for hydroxylation is 1. The fourth-order valence-electron chi connectivity index (χ4n) is 2.99. The zero-order valence-corrected chi connectivity index (χ0v) is 14.2. The summed E-state index contributed by atoms with van der Waals surface area (Å²) in [6.45, 7) is 4.48. The first-order chi connectivity index (χ1) is 11.7. The summed E-state index contributed by atoms with van der Waals surface area (Å²) >= 11 is 0. The first-order valence-electron chi connectivity index (χ1n) is 8.64. The van der Waals surface area contributed by atoms with Crippen LogP contribution in [-0.2, 0) is 6.54 Å². The van der Waals surface area contributed by atoms with Crippen molar-refractivity contribution in [2.75, 3.05) is 18.0 Å². The lowest BCUT2D eigenvalue weighted by Crippen LogP contribution is -2.28. The van der Waals surface area contributed by atoms with Crippen LogP contribution in [0.15, 0.2) is 36.5 Å². The van der Waals surface area contributed by atoms with Crippen LogP contribution >= 0.6 is 0 Å². The van der Waals surface area contributed by atoms with Crippen molar-refractivity contribution in [1.29, 1.82) is 0 Å². The zero-order valence-electron chi connectivity index (χ0n) is 14.2. The maximum Gasteiger partial charge on any atom is 0.270 e. The monoisotopic (exact) mass is 324 g/mol. The number of amides is 1. The Balaban J connectivity index is 1.65. The zero-order chi connectivity index (χ0) is 16.8. The van der Waals surface area contributed by atoms with Gasteiger partial charge in [0.05, 0.1) is 0 Å². The van der Waals surface area contributed by atoms with Crippen LogP contribution in [0.1, 0.15) is 47.3 Å². The van der Waals surface area contributed by atoms with E-state index in [1.165, 1.54) is 18.4 Å². The van der Waals surface area contributed by atoms with Crippen LogP contribution in [0.5, 0.6) is 0 Å². The highest BCUT2D eigenvalue weighted by molar-refractivity contribution is 5.92. The lowest BCUT2D eigenvalue weighted by Gasteiger charge is -2.20. The molecule has 5 nitrogen and oxygen atoms in total. The van der Waals surface area contributed by atoms with Crippen molar-refractivity contribution >= 4 is 11.9 Å². The molecule has 2 aromatic rings. The van der Waals surface area contributed by atoms with Crippen molar-refractivity contribution in [2.24, 2.45) is 0 Å². The minimum Gasteiger partial charge on any atom is -0.347 e. The highest BCUT2D eigenvalue weighted by Crippen LogP contribution is 2.15. The molecule has 0 radical (unpaired) electrons. The van der Waals surface area contributed by atoms with E-state index in [1.807, 2.05) is 25.1 Å². The predicted octanol–water partition coefficient (Wildman–Crippen LogP) is 3.10. The van der Waals surface area contributed by atoms with E-state index >= 15 is 0 Å². The van der Waals surface area contributed by atoms with Crippen LogP contribution < -0.4 is 10.2 Å². The number of nitrogens with one attached hydrogen (secondary N) is 1. The summed E-state index contributed by atoms with van der Waals surface area (Å²) in [4.78, 5) is 23.4. The number of nitrogens with zero attached hydrogens (tertiary/aromatic N) is 3. The van der Waals surface area contributed by atoms with Gasteiger partial charge in [0.15, 0.2) is 0 Å². The van der Waals surface area contributed by atoms with Crippen LogP contribution in [0.4, 0.5) is 5.95 Å². The molecule has 1 saturated heterocycles. The van der Waals surface area contributed by atoms with E-state index in [0.717, 1.165) is 31.5 Å². The third-order valence-electron chi connectivity index (χ3n) is 4.30. The molecule has 0 bridgehead atoms. The summed E-state index contributed by atoms with van der Waals surface area (Å²) < 4.78 is 0. The highest BCUT2D eigenvalue weighted by Gasteiger charge is 2.15. The number of rotatable bonds is 4. The van der Waals surface area contributed by atoms with Gasteiger partial charge in [-0.2, -0.15) is 0 Å². The van der Waals surface area contributed by atoms with Gasteiger partial charge < -0.3 is 10.2 Å². The number of carbonyl (C=O) groups excluding carboxylic acids is 1. The predicted molar refractivity (Wildman–Crippen MR) is 95.1 cm³/mol. The second kappa shape index (κ2) is 7.90. The van der Waals surface area contributed by atoms with Gasteiger partial charge in [0, 0.05) is 25.8 Å². The van der Waals surface area contributed by atoms with Gasteiger partial charge in [-0.25, -0.2) is 9.97 Å². The molecule has 1 aromatic heterocycles. The van der Waals surface area contributed by atoms with E-state index in [2.05, 4.69) is 26.3 Å². The first kappa shape index (κ1) is 16.4. The summed E-state index contributed by atoms with van der Waals surface area (Å²) in [6.07, 6.45) is 6.51. The molecule has 0 saturated carbocycles. The molecule has 0 aliphatic carbocycles. The average molecular weight is 324 g/mol. The smallest absolute Gasteiger partial charge is 0.270 e. The Morgan fingerprint density at radius 3 is 2.71 bits per heavy atom. The normalized spacial score (nSPS) is 15.0. The molecule has 1 aliphatic rings. The van der Waals surface area contributed by atoms with E-state index in [0.29, 0.717) is 18.2 Å². The minimum absolute atomic E-state index is 0.157. The van der Waals surface area contributed by atoms with Crippen molar-refractivity contribution in [3.63, 3.8) is 0 Å². The van der Waals surface area contributed by atoms with Gasteiger partial charge >= 0.3 is 0 Å². The molecule has 1 fully saturated rings. The number of hydrogen-bond acceptors (Lipinski definition) is 4. The first-order valence-corrected chi connectivity index (χ1v) is 8.64. The second-order valence-corrected chi connectivity index (χ2v) is 6.31.